The summed E-state index contributed by atoms with van der Waals surface area (Å²) in [6, 6.07) is 3.44. The van der Waals surface area contributed by atoms with Gasteiger partial charge in [0.2, 0.25) is 21.8 Å². The van der Waals surface area contributed by atoms with Crippen LogP contribution in [-0.4, -0.2) is 51.3 Å². The Morgan fingerprint density at radius 2 is 2.17 bits per heavy atom. The number of sulfonamides is 1. The van der Waals surface area contributed by atoms with Gasteiger partial charge in [0.15, 0.2) is 0 Å². The number of hydrogen-bond acceptors (Lipinski definition) is 4. The minimum atomic E-state index is -3.90. The van der Waals surface area contributed by atoms with Crippen molar-refractivity contribution >= 4 is 21.8 Å². The van der Waals surface area contributed by atoms with Gasteiger partial charge in [0, 0.05) is 25.6 Å². The summed E-state index contributed by atoms with van der Waals surface area (Å²) in [6.07, 6.45) is 0. The molecule has 0 spiro atoms. The van der Waals surface area contributed by atoms with Crippen LogP contribution in [0.15, 0.2) is 23.1 Å². The second-order valence-electron chi connectivity index (χ2n) is 6.15. The molecule has 0 unspecified atom stereocenters. The van der Waals surface area contributed by atoms with E-state index >= 15 is 0 Å². The molecule has 3 rings (SSSR count). The normalized spacial score (nSPS) is 23.2. The number of amides is 2. The predicted molar refractivity (Wildman–Crippen MR) is 82.9 cm³/mol. The van der Waals surface area contributed by atoms with Crippen LogP contribution in [0.1, 0.15) is 5.56 Å². The van der Waals surface area contributed by atoms with Crippen LogP contribution in [0, 0.1) is 24.6 Å². The van der Waals surface area contributed by atoms with E-state index in [-0.39, 0.29) is 40.7 Å². The van der Waals surface area contributed by atoms with Gasteiger partial charge in [0.1, 0.15) is 5.82 Å². The zero-order chi connectivity index (χ0) is 17.5. The molecule has 0 radical (unpaired) electrons. The Morgan fingerprint density at radius 1 is 1.42 bits per heavy atom. The van der Waals surface area contributed by atoms with Gasteiger partial charge in [-0.25, -0.2) is 17.5 Å². The predicted octanol–water partition coefficient (Wildman–Crippen LogP) is -0.383. The largest absolute Gasteiger partial charge is 0.355 e. The van der Waals surface area contributed by atoms with Crippen molar-refractivity contribution in [2.24, 2.45) is 11.8 Å². The first-order valence-corrected chi connectivity index (χ1v) is 9.07. The topological polar surface area (TPSA) is 95.6 Å². The molecule has 0 bridgehead atoms. The Labute approximate surface area is 139 Å². The molecular weight excluding hydrogens is 337 g/mol. The van der Waals surface area contributed by atoms with Crippen molar-refractivity contribution < 1.29 is 22.4 Å². The molecule has 2 atom stereocenters. The summed E-state index contributed by atoms with van der Waals surface area (Å²) in [5.74, 6) is -1.03. The SMILES string of the molecule is Cc1cc(S(=O)(=O)NCC(=O)N2C[C@@H]3CNC(=O)[C@@H]3C2)ccc1F. The van der Waals surface area contributed by atoms with Gasteiger partial charge in [-0.2, -0.15) is 0 Å². The summed E-state index contributed by atoms with van der Waals surface area (Å²) in [4.78, 5) is 25.2. The number of fused-ring (bicyclic) bond motifs is 1. The lowest BCUT2D eigenvalue weighted by Crippen LogP contribution is -2.40. The molecule has 2 amide bonds. The zero-order valence-electron chi connectivity index (χ0n) is 13.1. The van der Waals surface area contributed by atoms with Gasteiger partial charge in [0.05, 0.1) is 17.4 Å². The fourth-order valence-corrected chi connectivity index (χ4v) is 4.14. The second-order valence-corrected chi connectivity index (χ2v) is 7.91. The Balaban J connectivity index is 1.61. The number of likely N-dealkylation sites (tertiary alicyclic amines) is 1. The van der Waals surface area contributed by atoms with E-state index in [1.807, 2.05) is 0 Å². The van der Waals surface area contributed by atoms with E-state index in [0.29, 0.717) is 19.6 Å². The fraction of sp³-hybridized carbons (Fsp3) is 0.467. The number of benzene rings is 1. The van der Waals surface area contributed by atoms with E-state index in [9.17, 15) is 22.4 Å². The van der Waals surface area contributed by atoms with Crippen LogP contribution in [0.4, 0.5) is 4.39 Å². The molecule has 7 nitrogen and oxygen atoms in total. The molecule has 130 valence electrons. The lowest BCUT2D eigenvalue weighted by molar-refractivity contribution is -0.129. The van der Waals surface area contributed by atoms with E-state index in [0.717, 1.165) is 12.1 Å². The standard InChI is InChI=1S/C15H18FN3O4S/c1-9-4-11(2-3-13(9)16)24(22,23)18-6-14(20)19-7-10-5-17-15(21)12(10)8-19/h2-4,10,12,18H,5-8H2,1H3,(H,17,21)/t10-,12+/m0/s1. The van der Waals surface area contributed by atoms with Crippen molar-refractivity contribution in [1.29, 1.82) is 0 Å². The van der Waals surface area contributed by atoms with Gasteiger partial charge in [-0.3, -0.25) is 9.59 Å². The lowest BCUT2D eigenvalue weighted by Gasteiger charge is -2.17. The van der Waals surface area contributed by atoms with Crippen molar-refractivity contribution in [3.63, 3.8) is 0 Å². The Bertz CT molecular complexity index is 796. The maximum atomic E-state index is 13.2. The van der Waals surface area contributed by atoms with Crippen molar-refractivity contribution in [2.75, 3.05) is 26.2 Å². The first-order valence-electron chi connectivity index (χ1n) is 7.59. The maximum Gasteiger partial charge on any atom is 0.241 e. The molecule has 0 aromatic heterocycles. The molecule has 2 saturated heterocycles. The highest BCUT2D eigenvalue weighted by molar-refractivity contribution is 7.89. The van der Waals surface area contributed by atoms with Gasteiger partial charge >= 0.3 is 0 Å². The van der Waals surface area contributed by atoms with Gasteiger partial charge in [-0.05, 0) is 30.7 Å². The van der Waals surface area contributed by atoms with Crippen LogP contribution in [0.25, 0.3) is 0 Å². The third-order valence-corrected chi connectivity index (χ3v) is 5.92. The Kier molecular flexibility index (Phi) is 4.31. The maximum absolute atomic E-state index is 13.2. The number of carbonyl (C=O) groups is 2. The first kappa shape index (κ1) is 16.8. The van der Waals surface area contributed by atoms with Crippen LogP contribution < -0.4 is 10.0 Å². The molecule has 1 aromatic rings. The van der Waals surface area contributed by atoms with E-state index in [1.165, 1.54) is 17.9 Å². The summed E-state index contributed by atoms with van der Waals surface area (Å²) >= 11 is 0. The first-order chi connectivity index (χ1) is 11.3. The molecule has 9 heteroatoms. The highest BCUT2D eigenvalue weighted by atomic mass is 32.2. The number of nitrogens with one attached hydrogen (secondary N) is 2. The lowest BCUT2D eigenvalue weighted by atomic mass is 10.0. The molecule has 0 saturated carbocycles. The van der Waals surface area contributed by atoms with Gasteiger partial charge in [-0.1, -0.05) is 0 Å². The summed E-state index contributed by atoms with van der Waals surface area (Å²) in [5, 5.41) is 2.75. The van der Waals surface area contributed by atoms with Crippen LogP contribution in [0.5, 0.6) is 0 Å². The average Bonchev–Trinajstić information content (AvgIpc) is 3.10. The van der Waals surface area contributed by atoms with E-state index in [2.05, 4.69) is 10.0 Å². The number of rotatable bonds is 4. The van der Waals surface area contributed by atoms with Crippen LogP contribution in [0.3, 0.4) is 0 Å². The molecule has 2 heterocycles. The van der Waals surface area contributed by atoms with Crippen LogP contribution in [-0.2, 0) is 19.6 Å². The molecule has 0 aliphatic carbocycles. The van der Waals surface area contributed by atoms with Crippen molar-refractivity contribution in [2.45, 2.75) is 11.8 Å². The fourth-order valence-electron chi connectivity index (χ4n) is 3.08. The summed E-state index contributed by atoms with van der Waals surface area (Å²) in [7, 11) is -3.90. The summed E-state index contributed by atoms with van der Waals surface area (Å²) in [5.41, 5.74) is 0.211. The Morgan fingerprint density at radius 3 is 2.83 bits per heavy atom. The second kappa shape index (κ2) is 6.14. The number of carbonyl (C=O) groups excluding carboxylic acids is 2. The molecule has 1 aromatic carbocycles. The minimum absolute atomic E-state index is 0.0577. The number of halogens is 1. The molecule has 2 fully saturated rings. The monoisotopic (exact) mass is 355 g/mol. The highest BCUT2D eigenvalue weighted by Crippen LogP contribution is 2.27. The van der Waals surface area contributed by atoms with Gasteiger partial charge < -0.3 is 10.2 Å². The Hall–Kier alpha value is -2.00. The molecule has 2 aliphatic rings. The van der Waals surface area contributed by atoms with Crippen LogP contribution in [0.2, 0.25) is 0 Å². The smallest absolute Gasteiger partial charge is 0.241 e. The molecule has 2 N–H and O–H groups in total. The van der Waals surface area contributed by atoms with E-state index in [4.69, 9.17) is 0 Å². The van der Waals surface area contributed by atoms with Crippen molar-refractivity contribution in [1.82, 2.24) is 14.9 Å². The third kappa shape index (κ3) is 3.13. The van der Waals surface area contributed by atoms with Crippen molar-refractivity contribution in [3.8, 4) is 0 Å². The highest BCUT2D eigenvalue weighted by Gasteiger charge is 2.43. The van der Waals surface area contributed by atoms with E-state index < -0.39 is 15.8 Å². The van der Waals surface area contributed by atoms with Crippen molar-refractivity contribution in [3.05, 3.63) is 29.6 Å². The molecule has 24 heavy (non-hydrogen) atoms. The zero-order valence-corrected chi connectivity index (χ0v) is 13.9. The molecule has 2 aliphatic heterocycles. The third-order valence-electron chi connectivity index (χ3n) is 4.52. The quantitative estimate of drug-likeness (QED) is 0.769. The average molecular weight is 355 g/mol. The number of aryl methyl sites for hydroxylation is 1. The minimum Gasteiger partial charge on any atom is -0.355 e. The van der Waals surface area contributed by atoms with Gasteiger partial charge in [0.25, 0.3) is 0 Å². The molecular formula is C15H18FN3O4S. The summed E-state index contributed by atoms with van der Waals surface area (Å²) in [6.45, 7) is 2.38. The number of nitrogens with zero attached hydrogens (tertiary/aromatic N) is 1. The van der Waals surface area contributed by atoms with E-state index in [1.54, 1.807) is 0 Å². The summed E-state index contributed by atoms with van der Waals surface area (Å²) < 4.78 is 39.9. The van der Waals surface area contributed by atoms with Crippen LogP contribution >= 0.6 is 0 Å². The van der Waals surface area contributed by atoms with Gasteiger partial charge in [-0.15, -0.1) is 0 Å². The number of hydrogen-bond donors (Lipinski definition) is 2.